The number of nitrogens with zero attached hydrogens (tertiary/aromatic N) is 3. The molecule has 3 rings (SSSR count). The molecule has 1 amide bonds. The van der Waals surface area contributed by atoms with E-state index in [2.05, 4.69) is 16.8 Å². The number of hydrogen-bond donors (Lipinski definition) is 1. The van der Waals surface area contributed by atoms with Crippen molar-refractivity contribution in [2.24, 2.45) is 0 Å². The molecule has 5 heteroatoms. The van der Waals surface area contributed by atoms with Gasteiger partial charge in [0.1, 0.15) is 0 Å². The van der Waals surface area contributed by atoms with Crippen molar-refractivity contribution in [2.75, 3.05) is 25.4 Å². The molecule has 0 radical (unpaired) electrons. The van der Waals surface area contributed by atoms with Crippen LogP contribution in [-0.2, 0) is 0 Å². The van der Waals surface area contributed by atoms with Crippen LogP contribution in [0, 0.1) is 6.92 Å². The highest BCUT2D eigenvalue weighted by Crippen LogP contribution is 2.26. The number of carbonyl (C=O) groups excluding carboxylic acids is 1. The lowest BCUT2D eigenvalue weighted by atomic mass is 10.1. The molecule has 1 aromatic heterocycles. The molecule has 2 unspecified atom stereocenters. The number of carbonyl (C=O) groups is 1. The summed E-state index contributed by atoms with van der Waals surface area (Å²) in [5.74, 6) is 0.0707. The normalized spacial score (nSPS) is 26.6. The second-order valence-electron chi connectivity index (χ2n) is 6.00. The minimum Gasteiger partial charge on any atom is -0.397 e. The summed E-state index contributed by atoms with van der Waals surface area (Å²) in [5.41, 5.74) is 7.72. The quantitative estimate of drug-likeness (QED) is 0.838. The van der Waals surface area contributed by atoms with Crippen LogP contribution in [0.2, 0.25) is 0 Å². The van der Waals surface area contributed by atoms with Crippen LogP contribution < -0.4 is 5.73 Å². The Hall–Kier alpha value is -1.62. The van der Waals surface area contributed by atoms with Crippen LogP contribution in [0.3, 0.4) is 0 Å². The van der Waals surface area contributed by atoms with Crippen molar-refractivity contribution in [3.05, 3.63) is 23.5 Å². The van der Waals surface area contributed by atoms with E-state index in [1.54, 1.807) is 12.3 Å². The van der Waals surface area contributed by atoms with Crippen molar-refractivity contribution in [3.8, 4) is 0 Å². The van der Waals surface area contributed by atoms with Crippen molar-refractivity contribution < 1.29 is 4.79 Å². The Balaban J connectivity index is 1.84. The van der Waals surface area contributed by atoms with E-state index in [-0.39, 0.29) is 11.9 Å². The predicted molar refractivity (Wildman–Crippen MR) is 78.5 cm³/mol. The Kier molecular flexibility index (Phi) is 3.38. The molecule has 2 atom stereocenters. The number of hydrogen-bond acceptors (Lipinski definition) is 4. The summed E-state index contributed by atoms with van der Waals surface area (Å²) in [7, 11) is 0. The number of anilines is 1. The minimum absolute atomic E-state index is 0.0707. The molecule has 20 heavy (non-hydrogen) atoms. The molecule has 0 saturated carbocycles. The van der Waals surface area contributed by atoms with Gasteiger partial charge in [-0.3, -0.25) is 14.7 Å². The molecule has 3 heterocycles. The van der Waals surface area contributed by atoms with Gasteiger partial charge < -0.3 is 10.6 Å². The van der Waals surface area contributed by atoms with Crippen LogP contribution in [-0.4, -0.2) is 52.4 Å². The number of amides is 1. The summed E-state index contributed by atoms with van der Waals surface area (Å²) >= 11 is 0. The third kappa shape index (κ3) is 2.26. The van der Waals surface area contributed by atoms with Gasteiger partial charge in [0, 0.05) is 25.2 Å². The molecule has 108 valence electrons. The fourth-order valence-corrected chi connectivity index (χ4v) is 3.39. The van der Waals surface area contributed by atoms with Crippen molar-refractivity contribution in [2.45, 2.75) is 38.8 Å². The van der Waals surface area contributed by atoms with Gasteiger partial charge in [0.25, 0.3) is 5.91 Å². The SMILES string of the molecule is Cc1ncc(N)cc1C(=O)N1CC2CCCN2CC1C. The molecule has 2 aliphatic heterocycles. The number of piperazine rings is 1. The van der Waals surface area contributed by atoms with Gasteiger partial charge in [0.05, 0.1) is 23.1 Å². The van der Waals surface area contributed by atoms with E-state index >= 15 is 0 Å². The third-order valence-electron chi connectivity index (χ3n) is 4.54. The lowest BCUT2D eigenvalue weighted by molar-refractivity contribution is 0.0394. The molecule has 0 aromatic carbocycles. The molecule has 1 aromatic rings. The summed E-state index contributed by atoms with van der Waals surface area (Å²) in [6.07, 6.45) is 4.05. The minimum atomic E-state index is 0.0707. The van der Waals surface area contributed by atoms with Gasteiger partial charge in [-0.05, 0) is 39.3 Å². The highest BCUT2D eigenvalue weighted by molar-refractivity contribution is 5.96. The van der Waals surface area contributed by atoms with Gasteiger partial charge >= 0.3 is 0 Å². The van der Waals surface area contributed by atoms with E-state index in [0.29, 0.717) is 17.3 Å². The van der Waals surface area contributed by atoms with E-state index in [0.717, 1.165) is 18.8 Å². The monoisotopic (exact) mass is 274 g/mol. The fraction of sp³-hybridized carbons (Fsp3) is 0.600. The number of nitrogen functional groups attached to an aromatic ring is 1. The summed E-state index contributed by atoms with van der Waals surface area (Å²) in [4.78, 5) is 21.5. The smallest absolute Gasteiger partial charge is 0.256 e. The van der Waals surface area contributed by atoms with Gasteiger partial charge in [-0.25, -0.2) is 0 Å². The summed E-state index contributed by atoms with van der Waals surface area (Å²) in [5, 5.41) is 0. The number of nitrogens with two attached hydrogens (primary N) is 1. The van der Waals surface area contributed by atoms with E-state index in [1.807, 2.05) is 11.8 Å². The Morgan fingerprint density at radius 2 is 2.25 bits per heavy atom. The van der Waals surface area contributed by atoms with Crippen LogP contribution in [0.1, 0.15) is 35.8 Å². The first-order valence-corrected chi connectivity index (χ1v) is 7.33. The molecule has 0 bridgehead atoms. The number of rotatable bonds is 1. The highest BCUT2D eigenvalue weighted by atomic mass is 16.2. The van der Waals surface area contributed by atoms with Crippen molar-refractivity contribution >= 4 is 11.6 Å². The topological polar surface area (TPSA) is 62.5 Å². The lowest BCUT2D eigenvalue weighted by Gasteiger charge is -2.42. The lowest BCUT2D eigenvalue weighted by Crippen LogP contribution is -2.56. The number of aromatic nitrogens is 1. The van der Waals surface area contributed by atoms with E-state index < -0.39 is 0 Å². The number of pyridine rings is 1. The molecule has 0 aliphatic carbocycles. The molecule has 0 spiro atoms. The van der Waals surface area contributed by atoms with Crippen molar-refractivity contribution in [1.82, 2.24) is 14.8 Å². The largest absolute Gasteiger partial charge is 0.397 e. The maximum Gasteiger partial charge on any atom is 0.256 e. The second kappa shape index (κ2) is 5.05. The zero-order chi connectivity index (χ0) is 14.3. The Morgan fingerprint density at radius 3 is 3.05 bits per heavy atom. The first kappa shape index (κ1) is 13.4. The van der Waals surface area contributed by atoms with Crippen LogP contribution in [0.25, 0.3) is 0 Å². The second-order valence-corrected chi connectivity index (χ2v) is 6.00. The zero-order valence-corrected chi connectivity index (χ0v) is 12.2. The number of fused-ring (bicyclic) bond motifs is 1. The van der Waals surface area contributed by atoms with Gasteiger partial charge in [0.2, 0.25) is 0 Å². The summed E-state index contributed by atoms with van der Waals surface area (Å²) < 4.78 is 0. The summed E-state index contributed by atoms with van der Waals surface area (Å²) in [6.45, 7) is 6.97. The van der Waals surface area contributed by atoms with Crippen LogP contribution in [0.15, 0.2) is 12.3 Å². The third-order valence-corrected chi connectivity index (χ3v) is 4.54. The van der Waals surface area contributed by atoms with Crippen LogP contribution in [0.4, 0.5) is 5.69 Å². The van der Waals surface area contributed by atoms with Gasteiger partial charge in [-0.2, -0.15) is 0 Å². The Labute approximate surface area is 119 Å². The maximum absolute atomic E-state index is 12.8. The summed E-state index contributed by atoms with van der Waals surface area (Å²) in [6, 6.07) is 2.53. The average Bonchev–Trinajstić information content (AvgIpc) is 2.87. The number of aryl methyl sites for hydroxylation is 1. The molecule has 2 fully saturated rings. The fourth-order valence-electron chi connectivity index (χ4n) is 3.39. The van der Waals surface area contributed by atoms with Gasteiger partial charge in [-0.1, -0.05) is 0 Å². The van der Waals surface area contributed by atoms with Gasteiger partial charge in [0.15, 0.2) is 0 Å². The van der Waals surface area contributed by atoms with E-state index in [1.165, 1.54) is 19.4 Å². The molecular weight excluding hydrogens is 252 g/mol. The van der Waals surface area contributed by atoms with Crippen molar-refractivity contribution in [3.63, 3.8) is 0 Å². The first-order valence-electron chi connectivity index (χ1n) is 7.33. The Bertz CT molecular complexity index is 531. The van der Waals surface area contributed by atoms with Crippen LogP contribution in [0.5, 0.6) is 0 Å². The van der Waals surface area contributed by atoms with E-state index in [9.17, 15) is 4.79 Å². The average molecular weight is 274 g/mol. The molecule has 5 nitrogen and oxygen atoms in total. The van der Waals surface area contributed by atoms with E-state index in [4.69, 9.17) is 5.73 Å². The predicted octanol–water partition coefficient (Wildman–Crippen LogP) is 1.28. The molecular formula is C15H22N4O. The highest BCUT2D eigenvalue weighted by Gasteiger charge is 2.37. The molecule has 2 aliphatic rings. The molecule has 2 saturated heterocycles. The van der Waals surface area contributed by atoms with Gasteiger partial charge in [-0.15, -0.1) is 0 Å². The Morgan fingerprint density at radius 1 is 1.45 bits per heavy atom. The maximum atomic E-state index is 12.8. The van der Waals surface area contributed by atoms with Crippen molar-refractivity contribution in [1.29, 1.82) is 0 Å². The molecule has 2 N–H and O–H groups in total. The standard InChI is InChI=1S/C15H22N4O/c1-10-8-18-5-3-4-13(18)9-19(10)15(20)14-6-12(16)7-17-11(14)2/h6-7,10,13H,3-5,8-9,16H2,1-2H3. The first-order chi connectivity index (χ1) is 9.56. The van der Waals surface area contributed by atoms with Crippen LogP contribution >= 0.6 is 0 Å². The zero-order valence-electron chi connectivity index (χ0n) is 12.2.